The minimum atomic E-state index is -4.74. The maximum atomic E-state index is 13.5. The number of hydrogen-bond acceptors (Lipinski definition) is 7. The molecule has 0 saturated heterocycles. The highest BCUT2D eigenvalue weighted by molar-refractivity contribution is 9.10. The number of ether oxygens (including phenoxy) is 1. The van der Waals surface area contributed by atoms with E-state index in [1.54, 1.807) is 43.3 Å². The number of benzene rings is 1. The predicted octanol–water partition coefficient (Wildman–Crippen LogP) is 4.57. The Hall–Kier alpha value is -2.22. The Balaban J connectivity index is 1.99. The number of likely N-dealkylation sites (N-methyl/N-ethyl adjacent to an activating group) is 1. The largest absolute Gasteiger partial charge is 0.463 e. The Kier molecular flexibility index (Phi) is 7.90. The number of esters is 1. The van der Waals surface area contributed by atoms with E-state index in [0.717, 1.165) is 22.3 Å². The molecule has 0 spiro atoms. The molecule has 34 heavy (non-hydrogen) atoms. The first-order chi connectivity index (χ1) is 15.8. The number of rotatable bonds is 8. The Morgan fingerprint density at radius 1 is 1.21 bits per heavy atom. The van der Waals surface area contributed by atoms with Crippen LogP contribution in [0.4, 0.5) is 13.2 Å². The van der Waals surface area contributed by atoms with E-state index >= 15 is 0 Å². The average molecular weight is 580 g/mol. The summed E-state index contributed by atoms with van der Waals surface area (Å²) in [4.78, 5) is 15.2. The molecule has 0 fully saturated rings. The fraction of sp³-hybridized carbons (Fsp3) is 0.333. The van der Waals surface area contributed by atoms with Crippen LogP contribution in [0, 0.1) is 0 Å². The normalized spacial score (nSPS) is 12.4. The number of alkyl halides is 3. The quantitative estimate of drug-likeness (QED) is 0.364. The summed E-state index contributed by atoms with van der Waals surface area (Å²) in [6.07, 6.45) is -3.64. The number of sulfone groups is 1. The van der Waals surface area contributed by atoms with E-state index in [1.807, 2.05) is 0 Å². The SMILES string of the molecule is CN(C)CCOC(=O)Cn1nc(C(F)(F)F)c(Br)c1-c1ccc(-c2cccc(S(C)(=O)=O)c2)s1. The Morgan fingerprint density at radius 2 is 1.88 bits per heavy atom. The van der Waals surface area contributed by atoms with Crippen LogP contribution in [0.1, 0.15) is 5.69 Å². The molecule has 0 aliphatic rings. The van der Waals surface area contributed by atoms with Gasteiger partial charge in [0.1, 0.15) is 13.2 Å². The summed E-state index contributed by atoms with van der Waals surface area (Å²) in [6, 6.07) is 9.55. The smallest absolute Gasteiger partial charge is 0.436 e. The summed E-state index contributed by atoms with van der Waals surface area (Å²) in [6.45, 7) is 0.0554. The highest BCUT2D eigenvalue weighted by Gasteiger charge is 2.39. The van der Waals surface area contributed by atoms with Crippen LogP contribution in [0.15, 0.2) is 45.8 Å². The monoisotopic (exact) mass is 579 g/mol. The maximum Gasteiger partial charge on any atom is 0.436 e. The minimum absolute atomic E-state index is 0.0763. The third kappa shape index (κ3) is 6.26. The zero-order chi connectivity index (χ0) is 25.3. The number of aromatic nitrogens is 2. The van der Waals surface area contributed by atoms with Crippen molar-refractivity contribution in [3.05, 3.63) is 46.6 Å². The second-order valence-corrected chi connectivity index (χ2v) is 11.5. The van der Waals surface area contributed by atoms with Crippen molar-refractivity contribution in [3.8, 4) is 21.0 Å². The van der Waals surface area contributed by atoms with Gasteiger partial charge in [0.2, 0.25) is 0 Å². The van der Waals surface area contributed by atoms with Crippen molar-refractivity contribution in [2.45, 2.75) is 17.6 Å². The molecule has 2 heterocycles. The molecule has 0 atom stereocenters. The van der Waals surface area contributed by atoms with Crippen LogP contribution in [0.2, 0.25) is 0 Å². The van der Waals surface area contributed by atoms with Crippen molar-refractivity contribution in [2.24, 2.45) is 0 Å². The number of nitrogens with zero attached hydrogens (tertiary/aromatic N) is 3. The highest BCUT2D eigenvalue weighted by atomic mass is 79.9. The zero-order valence-corrected chi connectivity index (χ0v) is 21.6. The van der Waals surface area contributed by atoms with Crippen LogP contribution in [0.5, 0.6) is 0 Å². The highest BCUT2D eigenvalue weighted by Crippen LogP contribution is 2.43. The summed E-state index contributed by atoms with van der Waals surface area (Å²) < 4.78 is 70.1. The molecule has 1 aromatic carbocycles. The second kappa shape index (κ2) is 10.2. The molecule has 184 valence electrons. The van der Waals surface area contributed by atoms with Crippen LogP contribution in [-0.4, -0.2) is 62.6 Å². The number of thiophene rings is 1. The Morgan fingerprint density at radius 3 is 2.50 bits per heavy atom. The summed E-state index contributed by atoms with van der Waals surface area (Å²) >= 11 is 4.15. The summed E-state index contributed by atoms with van der Waals surface area (Å²) in [5.41, 5.74) is -0.481. The minimum Gasteiger partial charge on any atom is -0.463 e. The molecule has 0 aliphatic heterocycles. The van der Waals surface area contributed by atoms with Gasteiger partial charge in [-0.2, -0.15) is 18.3 Å². The predicted molar refractivity (Wildman–Crippen MR) is 126 cm³/mol. The van der Waals surface area contributed by atoms with E-state index < -0.39 is 34.2 Å². The second-order valence-electron chi connectivity index (χ2n) is 7.65. The lowest BCUT2D eigenvalue weighted by Crippen LogP contribution is -2.22. The van der Waals surface area contributed by atoms with Gasteiger partial charge in [0.15, 0.2) is 15.5 Å². The molecule has 3 aromatic rings. The lowest BCUT2D eigenvalue weighted by Gasteiger charge is -2.11. The number of carbonyl (C=O) groups is 1. The van der Waals surface area contributed by atoms with Crippen LogP contribution < -0.4 is 0 Å². The lowest BCUT2D eigenvalue weighted by atomic mass is 10.2. The first-order valence-corrected chi connectivity index (χ1v) is 13.3. The lowest BCUT2D eigenvalue weighted by molar-refractivity contribution is -0.146. The maximum absolute atomic E-state index is 13.5. The van der Waals surface area contributed by atoms with E-state index in [0.29, 0.717) is 21.9 Å². The van der Waals surface area contributed by atoms with Gasteiger partial charge in [-0.1, -0.05) is 12.1 Å². The van der Waals surface area contributed by atoms with E-state index in [1.165, 1.54) is 12.1 Å². The number of carbonyl (C=O) groups excluding carboxylic acids is 1. The van der Waals surface area contributed by atoms with Crippen LogP contribution in [0.25, 0.3) is 21.0 Å². The number of halogens is 4. The van der Waals surface area contributed by atoms with E-state index in [4.69, 9.17) is 4.74 Å². The molecule has 7 nitrogen and oxygen atoms in total. The molecule has 0 saturated carbocycles. The molecule has 0 radical (unpaired) electrons. The Bertz CT molecular complexity index is 1300. The third-order valence-electron chi connectivity index (χ3n) is 4.63. The molecular formula is C21H21BrF3N3O4S2. The average Bonchev–Trinajstić information content (AvgIpc) is 3.31. The van der Waals surface area contributed by atoms with Crippen molar-refractivity contribution >= 4 is 43.1 Å². The van der Waals surface area contributed by atoms with Crippen LogP contribution in [0.3, 0.4) is 0 Å². The van der Waals surface area contributed by atoms with Gasteiger partial charge in [-0.3, -0.25) is 9.48 Å². The molecule has 2 aromatic heterocycles. The van der Waals surface area contributed by atoms with E-state index in [9.17, 15) is 26.4 Å². The van der Waals surface area contributed by atoms with Crippen molar-refractivity contribution in [1.29, 1.82) is 0 Å². The van der Waals surface area contributed by atoms with Gasteiger partial charge in [-0.15, -0.1) is 11.3 Å². The molecule has 0 amide bonds. The van der Waals surface area contributed by atoms with E-state index in [-0.39, 0.29) is 21.7 Å². The topological polar surface area (TPSA) is 81.5 Å². The zero-order valence-electron chi connectivity index (χ0n) is 18.4. The van der Waals surface area contributed by atoms with Crippen molar-refractivity contribution < 1.29 is 31.1 Å². The Labute approximate surface area is 207 Å². The fourth-order valence-electron chi connectivity index (χ4n) is 2.98. The van der Waals surface area contributed by atoms with Gasteiger partial charge < -0.3 is 9.64 Å². The molecule has 3 rings (SSSR count). The first kappa shape index (κ1) is 26.4. The van der Waals surface area contributed by atoms with Gasteiger partial charge in [-0.05, 0) is 59.9 Å². The third-order valence-corrected chi connectivity index (χ3v) is 7.63. The van der Waals surface area contributed by atoms with Crippen molar-refractivity contribution in [2.75, 3.05) is 33.5 Å². The van der Waals surface area contributed by atoms with Crippen LogP contribution in [-0.2, 0) is 32.1 Å². The molecular weight excluding hydrogens is 559 g/mol. The standard InChI is InChI=1S/C21H21BrF3N3O4S2/c1-27(2)9-10-32-17(29)12-28-19(18(22)20(26-28)21(23,24)25)16-8-7-15(33-16)13-5-4-6-14(11-13)34(3,30)31/h4-8,11H,9-10,12H2,1-3H3. The summed E-state index contributed by atoms with van der Waals surface area (Å²) in [5.74, 6) is -0.718. The number of hydrogen-bond donors (Lipinski definition) is 0. The fourth-order valence-corrected chi connectivity index (χ4v) is 5.56. The van der Waals surface area contributed by atoms with Gasteiger partial charge >= 0.3 is 12.1 Å². The van der Waals surface area contributed by atoms with Gasteiger partial charge in [0, 0.05) is 17.7 Å². The summed E-state index contributed by atoms with van der Waals surface area (Å²) in [5, 5.41) is 3.63. The first-order valence-electron chi connectivity index (χ1n) is 9.82. The van der Waals surface area contributed by atoms with Crippen molar-refractivity contribution in [1.82, 2.24) is 14.7 Å². The van der Waals surface area contributed by atoms with Crippen molar-refractivity contribution in [3.63, 3.8) is 0 Å². The van der Waals surface area contributed by atoms with Gasteiger partial charge in [0.05, 0.1) is 19.9 Å². The van der Waals surface area contributed by atoms with Crippen LogP contribution >= 0.6 is 27.3 Å². The van der Waals surface area contributed by atoms with E-state index in [2.05, 4.69) is 21.0 Å². The molecule has 0 aliphatic carbocycles. The summed E-state index contributed by atoms with van der Waals surface area (Å²) in [7, 11) is 0.167. The molecule has 0 N–H and O–H groups in total. The van der Waals surface area contributed by atoms with Gasteiger partial charge in [0.25, 0.3) is 0 Å². The molecule has 0 unspecified atom stereocenters. The molecule has 0 bridgehead atoms. The molecule has 13 heteroatoms. The van der Waals surface area contributed by atoms with Gasteiger partial charge in [-0.25, -0.2) is 8.42 Å².